The quantitative estimate of drug-likeness (QED) is 0.676. The molecule has 1 aliphatic rings. The first-order valence-electron chi connectivity index (χ1n) is 9.44. The molecule has 31 heavy (non-hydrogen) atoms. The van der Waals surface area contributed by atoms with E-state index in [1.54, 1.807) is 0 Å². The number of nitrogen functional groups attached to an aromatic ring is 1. The molecule has 1 aromatic carbocycles. The predicted molar refractivity (Wildman–Crippen MR) is 107 cm³/mol. The van der Waals surface area contributed by atoms with E-state index in [-0.39, 0.29) is 41.3 Å². The monoisotopic (exact) mass is 458 g/mol. The number of carbonyl (C=O) groups excluding carboxylic acids is 1. The maximum Gasteiger partial charge on any atom is 0.416 e. The van der Waals surface area contributed by atoms with E-state index in [0.29, 0.717) is 0 Å². The number of benzene rings is 1. The summed E-state index contributed by atoms with van der Waals surface area (Å²) in [7, 11) is -3.14. The minimum Gasteiger partial charge on any atom is -0.399 e. The van der Waals surface area contributed by atoms with E-state index in [1.165, 1.54) is 19.1 Å². The second-order valence-electron chi connectivity index (χ2n) is 7.47. The van der Waals surface area contributed by atoms with E-state index >= 15 is 0 Å². The summed E-state index contributed by atoms with van der Waals surface area (Å²) in [5, 5.41) is 6.60. The molecule has 8 nitrogen and oxygen atoms in total. The lowest BCUT2D eigenvalue weighted by atomic mass is 10.0. The molecule has 0 bridgehead atoms. The molecule has 3 N–H and O–H groups in total. The highest BCUT2D eigenvalue weighted by atomic mass is 32.2. The lowest BCUT2D eigenvalue weighted by molar-refractivity contribution is -0.137. The van der Waals surface area contributed by atoms with E-state index in [4.69, 9.17) is 5.73 Å². The number of anilines is 1. The van der Waals surface area contributed by atoms with Gasteiger partial charge in [-0.1, -0.05) is 0 Å². The molecule has 0 unspecified atom stereocenters. The van der Waals surface area contributed by atoms with Crippen molar-refractivity contribution < 1.29 is 26.4 Å². The normalized spacial score (nSPS) is 17.8. The van der Waals surface area contributed by atoms with Crippen molar-refractivity contribution in [3.8, 4) is 0 Å². The minimum absolute atomic E-state index is 0.0732. The number of nitrogens with one attached hydrogen (secondary N) is 1. The summed E-state index contributed by atoms with van der Waals surface area (Å²) in [5.74, 6) is -0.840. The number of nitrogens with two attached hydrogens (primary N) is 1. The summed E-state index contributed by atoms with van der Waals surface area (Å²) in [4.78, 5) is 24.8. The lowest BCUT2D eigenvalue weighted by Gasteiger charge is -2.23. The Kier molecular flexibility index (Phi) is 6.12. The maximum absolute atomic E-state index is 13.0. The molecule has 2 heterocycles. The first kappa shape index (κ1) is 22.8. The van der Waals surface area contributed by atoms with Gasteiger partial charge >= 0.3 is 6.18 Å². The van der Waals surface area contributed by atoms with E-state index < -0.39 is 45.1 Å². The number of alkyl halides is 3. The zero-order chi connectivity index (χ0) is 23.0. The summed E-state index contributed by atoms with van der Waals surface area (Å²) >= 11 is 0. The summed E-state index contributed by atoms with van der Waals surface area (Å²) in [6, 6.07) is 4.12. The summed E-state index contributed by atoms with van der Waals surface area (Å²) in [5.41, 5.74) is 4.12. The Hall–Kier alpha value is -2.89. The van der Waals surface area contributed by atoms with Gasteiger partial charge in [-0.3, -0.25) is 9.59 Å². The Morgan fingerprint density at radius 2 is 1.87 bits per heavy atom. The van der Waals surface area contributed by atoms with Gasteiger partial charge in [-0.25, -0.2) is 13.1 Å². The molecule has 0 radical (unpaired) electrons. The van der Waals surface area contributed by atoms with Crippen molar-refractivity contribution in [1.29, 1.82) is 0 Å². The average molecular weight is 458 g/mol. The van der Waals surface area contributed by atoms with Gasteiger partial charge in [0.05, 0.1) is 29.2 Å². The molecular formula is C19H21F3N4O4S. The lowest BCUT2D eigenvalue weighted by Crippen LogP contribution is -2.35. The molecule has 0 saturated carbocycles. The van der Waals surface area contributed by atoms with Crippen LogP contribution >= 0.6 is 0 Å². The van der Waals surface area contributed by atoms with Crippen molar-refractivity contribution in [3.05, 3.63) is 57.5 Å². The Morgan fingerprint density at radius 1 is 1.23 bits per heavy atom. The van der Waals surface area contributed by atoms with Gasteiger partial charge < -0.3 is 11.1 Å². The highest BCUT2D eigenvalue weighted by molar-refractivity contribution is 7.91. The second-order valence-corrected chi connectivity index (χ2v) is 9.77. The van der Waals surface area contributed by atoms with Gasteiger partial charge in [0.2, 0.25) is 0 Å². The Balaban J connectivity index is 1.80. The standard InChI is InChI=1S/C19H21F3N4O4S/c1-11(12-8-13(19(20,21)22)10-14(23)9-12)24-18(28)16-2-3-17(27)26(25-16)15-4-6-31(29,30)7-5-15/h2-3,8-11,15H,4-7,23H2,1H3,(H,24,28)/t11-/m1/s1. The third kappa shape index (κ3) is 5.43. The van der Waals surface area contributed by atoms with E-state index in [9.17, 15) is 31.2 Å². The van der Waals surface area contributed by atoms with Crippen LogP contribution in [0, 0.1) is 0 Å². The Labute approximate surface area is 176 Å². The van der Waals surface area contributed by atoms with Crippen molar-refractivity contribution in [3.63, 3.8) is 0 Å². The Morgan fingerprint density at radius 3 is 2.48 bits per heavy atom. The second kappa shape index (κ2) is 8.33. The van der Waals surface area contributed by atoms with Crippen molar-refractivity contribution in [2.75, 3.05) is 17.2 Å². The molecule has 0 aliphatic carbocycles. The number of hydrogen-bond donors (Lipinski definition) is 2. The van der Waals surface area contributed by atoms with Crippen LogP contribution in [0.1, 0.15) is 53.5 Å². The fraction of sp³-hybridized carbons (Fsp3) is 0.421. The van der Waals surface area contributed by atoms with Crippen LogP contribution in [0.25, 0.3) is 0 Å². The minimum atomic E-state index is -4.58. The summed E-state index contributed by atoms with van der Waals surface area (Å²) in [6.45, 7) is 1.49. The van der Waals surface area contributed by atoms with Crippen LogP contribution in [0.15, 0.2) is 35.1 Å². The zero-order valence-electron chi connectivity index (χ0n) is 16.5. The summed E-state index contributed by atoms with van der Waals surface area (Å²) < 4.78 is 63.4. The summed E-state index contributed by atoms with van der Waals surface area (Å²) in [6.07, 6.45) is -4.17. The van der Waals surface area contributed by atoms with Crippen LogP contribution in [-0.2, 0) is 16.0 Å². The largest absolute Gasteiger partial charge is 0.416 e. The van der Waals surface area contributed by atoms with Gasteiger partial charge in [-0.05, 0) is 49.6 Å². The van der Waals surface area contributed by atoms with Crippen molar-refractivity contribution >= 4 is 21.4 Å². The average Bonchev–Trinajstić information content (AvgIpc) is 2.67. The highest BCUT2D eigenvalue weighted by Gasteiger charge is 2.32. The molecular weight excluding hydrogens is 437 g/mol. The van der Waals surface area contributed by atoms with Crippen molar-refractivity contribution in [1.82, 2.24) is 15.1 Å². The first-order chi connectivity index (χ1) is 14.4. The number of hydrogen-bond acceptors (Lipinski definition) is 6. The smallest absolute Gasteiger partial charge is 0.399 e. The van der Waals surface area contributed by atoms with E-state index in [1.807, 2.05) is 0 Å². The molecule has 3 rings (SSSR count). The molecule has 12 heteroatoms. The number of aromatic nitrogens is 2. The number of carbonyl (C=O) groups is 1. The van der Waals surface area contributed by atoms with Crippen LogP contribution in [0.3, 0.4) is 0 Å². The number of sulfone groups is 1. The fourth-order valence-electron chi connectivity index (χ4n) is 3.37. The van der Waals surface area contributed by atoms with Gasteiger partial charge in [0.15, 0.2) is 0 Å². The topological polar surface area (TPSA) is 124 Å². The predicted octanol–water partition coefficient (Wildman–Crippen LogP) is 2.09. The van der Waals surface area contributed by atoms with Gasteiger partial charge in [0.25, 0.3) is 11.5 Å². The number of rotatable bonds is 4. The molecule has 1 amide bonds. The van der Waals surface area contributed by atoms with Crippen LogP contribution in [-0.4, -0.2) is 35.6 Å². The molecule has 168 valence electrons. The first-order valence-corrected chi connectivity index (χ1v) is 11.3. The highest BCUT2D eigenvalue weighted by Crippen LogP contribution is 2.32. The van der Waals surface area contributed by atoms with Gasteiger partial charge in [0, 0.05) is 11.8 Å². The number of amides is 1. The molecule has 1 saturated heterocycles. The third-order valence-electron chi connectivity index (χ3n) is 5.08. The van der Waals surface area contributed by atoms with E-state index in [2.05, 4.69) is 10.4 Å². The van der Waals surface area contributed by atoms with Crippen molar-refractivity contribution in [2.45, 2.75) is 38.0 Å². The zero-order valence-corrected chi connectivity index (χ0v) is 17.3. The molecule has 1 aliphatic heterocycles. The fourth-order valence-corrected chi connectivity index (χ4v) is 4.84. The number of nitrogens with zero attached hydrogens (tertiary/aromatic N) is 2. The SMILES string of the molecule is C[C@@H](NC(=O)c1ccc(=O)n(C2CCS(=O)(=O)CC2)n1)c1cc(N)cc(C(F)(F)F)c1. The van der Waals surface area contributed by atoms with Crippen molar-refractivity contribution in [2.24, 2.45) is 0 Å². The van der Waals surface area contributed by atoms with Crippen LogP contribution < -0.4 is 16.6 Å². The molecule has 0 spiro atoms. The van der Waals surface area contributed by atoms with Gasteiger partial charge in [0.1, 0.15) is 15.5 Å². The maximum atomic E-state index is 13.0. The molecule has 2 aromatic rings. The van der Waals surface area contributed by atoms with Gasteiger partial charge in [-0.2, -0.15) is 18.3 Å². The van der Waals surface area contributed by atoms with E-state index in [0.717, 1.165) is 22.9 Å². The van der Waals surface area contributed by atoms with Crippen LogP contribution in [0.4, 0.5) is 18.9 Å². The molecule has 1 atom stereocenters. The van der Waals surface area contributed by atoms with Gasteiger partial charge in [-0.15, -0.1) is 0 Å². The number of halogens is 3. The van der Waals surface area contributed by atoms with Crippen LogP contribution in [0.2, 0.25) is 0 Å². The third-order valence-corrected chi connectivity index (χ3v) is 6.80. The molecule has 1 fully saturated rings. The van der Waals surface area contributed by atoms with Crippen LogP contribution in [0.5, 0.6) is 0 Å². The molecule has 1 aromatic heterocycles. The Bertz CT molecular complexity index is 1150.